The number of nitrogens with zero attached hydrogens (tertiary/aromatic N) is 9. The monoisotopic (exact) mass is 1030 g/mol. The number of ether oxygens (including phenoxy) is 1. The number of aromatic hydroxyl groups is 1. The van der Waals surface area contributed by atoms with Crippen LogP contribution in [0, 0.1) is 24.1 Å². The van der Waals surface area contributed by atoms with E-state index in [2.05, 4.69) is 59.7 Å². The second-order valence-electron chi connectivity index (χ2n) is 21.8. The van der Waals surface area contributed by atoms with Gasteiger partial charge in [0.1, 0.15) is 28.8 Å². The smallest absolute Gasteiger partial charge is 0.324 e. The van der Waals surface area contributed by atoms with Crippen LogP contribution in [0.1, 0.15) is 77.6 Å². The number of imide groups is 2. The van der Waals surface area contributed by atoms with E-state index in [-0.39, 0.29) is 53.9 Å². The number of carbonyl (C=O) groups excluding carboxylic acids is 4. The van der Waals surface area contributed by atoms with E-state index in [1.807, 2.05) is 24.3 Å². The maximum atomic E-state index is 17.2. The molecule has 7 aliphatic rings. The molecule has 12 rings (SSSR count). The second-order valence-corrected chi connectivity index (χ2v) is 21.8. The Hall–Kier alpha value is -7.30. The summed E-state index contributed by atoms with van der Waals surface area (Å²) >= 11 is 0. The van der Waals surface area contributed by atoms with Crippen LogP contribution < -0.4 is 25.2 Å². The van der Waals surface area contributed by atoms with Crippen molar-refractivity contribution in [2.45, 2.75) is 81.6 Å². The molecule has 0 radical (unpaired) electrons. The first-order valence-electron chi connectivity index (χ1n) is 26.7. The van der Waals surface area contributed by atoms with Gasteiger partial charge in [0.05, 0.1) is 22.8 Å². The van der Waals surface area contributed by atoms with Crippen LogP contribution in [0.5, 0.6) is 11.8 Å². The Morgan fingerprint density at radius 2 is 1.62 bits per heavy atom. The second kappa shape index (κ2) is 20.3. The molecule has 6 fully saturated rings. The van der Waals surface area contributed by atoms with E-state index >= 15 is 4.39 Å². The standard InChI is InChI=1S/C58H62FN11O6/c1-4-36-6-5-7-37-26-43(71)28-46(50(36)37)52-51(59)53-47(29-60-52)54(69-31-38-24-34(2)25-39(32-69)61-38)64-58(63-53)76-23-16-40-8-9-42(65(40)3)33-67-21-19-66(20-22-67)30-35-14-17-68(18-15-35)41-10-11-44-45(27-41)57(75)70(56(44)74)48-12-13-49(72)62-55(48)73/h1,5-7,10-11,16,23,26-29,35,38-40,42,48,61,71H,2,8-9,12-15,17-22,24-25,30-33H2,3H3,(H,62,72,73)/b23-16+/t38?,39?,40-,42+,48?/m1/s1. The number of carbonyl (C=O) groups is 4. The number of piperazine rings is 2. The molecule has 3 N–H and O–H groups in total. The Kier molecular flexibility index (Phi) is 13.3. The summed E-state index contributed by atoms with van der Waals surface area (Å²) in [5, 5.41) is 18.5. The van der Waals surface area contributed by atoms with Gasteiger partial charge in [0, 0.05) is 124 Å². The molecule has 3 aromatic carbocycles. The van der Waals surface area contributed by atoms with E-state index in [4.69, 9.17) is 21.1 Å². The van der Waals surface area contributed by atoms with Gasteiger partial charge in [-0.2, -0.15) is 9.97 Å². The molecule has 3 unspecified atom stereocenters. The Morgan fingerprint density at radius 1 is 0.868 bits per heavy atom. The number of hydrogen-bond donors (Lipinski definition) is 3. The minimum atomic E-state index is -0.978. The van der Waals surface area contributed by atoms with Crippen molar-refractivity contribution in [3.05, 3.63) is 102 Å². The molecule has 9 heterocycles. The minimum absolute atomic E-state index is 0.0202. The van der Waals surface area contributed by atoms with Gasteiger partial charge in [-0.25, -0.2) is 4.39 Å². The van der Waals surface area contributed by atoms with E-state index in [9.17, 15) is 24.3 Å². The highest BCUT2D eigenvalue weighted by molar-refractivity contribution is 6.23. The van der Waals surface area contributed by atoms with Crippen LogP contribution in [-0.2, 0) is 9.59 Å². The first-order valence-corrected chi connectivity index (χ1v) is 26.7. The number of nitrogens with one attached hydrogen (secondary N) is 2. The number of fused-ring (bicyclic) bond motifs is 5. The number of halogens is 1. The number of terminal acetylenes is 1. The van der Waals surface area contributed by atoms with Crippen molar-refractivity contribution >= 4 is 56.8 Å². The predicted molar refractivity (Wildman–Crippen MR) is 286 cm³/mol. The van der Waals surface area contributed by atoms with Gasteiger partial charge in [0.2, 0.25) is 11.8 Å². The van der Waals surface area contributed by atoms with Crippen LogP contribution in [0.4, 0.5) is 15.9 Å². The zero-order valence-corrected chi connectivity index (χ0v) is 42.7. The van der Waals surface area contributed by atoms with Crippen molar-refractivity contribution in [3.63, 3.8) is 0 Å². The third-order valence-corrected chi connectivity index (χ3v) is 17.0. The molecular weight excluding hydrogens is 966 g/mol. The van der Waals surface area contributed by atoms with Crippen molar-refractivity contribution in [3.8, 4) is 35.4 Å². The number of piperidine rings is 3. The van der Waals surface area contributed by atoms with Crippen LogP contribution in [0.3, 0.4) is 0 Å². The number of rotatable bonds is 11. The van der Waals surface area contributed by atoms with Crippen LogP contribution >= 0.6 is 0 Å². The zero-order chi connectivity index (χ0) is 52.4. The molecule has 0 saturated carbocycles. The largest absolute Gasteiger partial charge is 0.508 e. The van der Waals surface area contributed by atoms with Crippen molar-refractivity contribution in [2.24, 2.45) is 5.92 Å². The average Bonchev–Trinajstić information content (AvgIpc) is 3.88. The van der Waals surface area contributed by atoms with E-state index in [0.717, 1.165) is 101 Å². The van der Waals surface area contributed by atoms with Crippen molar-refractivity contribution < 1.29 is 33.4 Å². The fraction of sp³-hybridized carbons (Fsp3) is 0.431. The molecule has 2 bridgehead atoms. The molecule has 76 heavy (non-hydrogen) atoms. The summed E-state index contributed by atoms with van der Waals surface area (Å²) in [6, 6.07) is 13.8. The molecule has 2 aromatic heterocycles. The van der Waals surface area contributed by atoms with Crippen LogP contribution in [0.2, 0.25) is 0 Å². The third-order valence-electron chi connectivity index (χ3n) is 17.0. The third kappa shape index (κ3) is 9.43. The number of anilines is 2. The van der Waals surface area contributed by atoms with E-state index in [1.165, 1.54) is 11.6 Å². The Bertz CT molecular complexity index is 3260. The number of benzene rings is 3. The first-order chi connectivity index (χ1) is 36.8. The van der Waals surface area contributed by atoms with E-state index < -0.39 is 35.5 Å². The highest BCUT2D eigenvalue weighted by Crippen LogP contribution is 2.40. The highest BCUT2D eigenvalue weighted by Gasteiger charge is 2.45. The normalized spacial score (nSPS) is 25.0. The van der Waals surface area contributed by atoms with Crippen LogP contribution in [0.25, 0.3) is 32.9 Å². The number of likely N-dealkylation sites (tertiary alicyclic amines) is 1. The number of phenols is 1. The van der Waals surface area contributed by atoms with Gasteiger partial charge >= 0.3 is 6.01 Å². The van der Waals surface area contributed by atoms with Gasteiger partial charge in [-0.15, -0.1) is 6.42 Å². The van der Waals surface area contributed by atoms with Gasteiger partial charge in [0.25, 0.3) is 11.8 Å². The average molecular weight is 1030 g/mol. The Labute approximate surface area is 440 Å². The van der Waals surface area contributed by atoms with Crippen LogP contribution in [0.15, 0.2) is 79.2 Å². The molecule has 6 saturated heterocycles. The molecule has 5 aromatic rings. The van der Waals surface area contributed by atoms with Gasteiger partial charge in [-0.3, -0.25) is 44.2 Å². The zero-order valence-electron chi connectivity index (χ0n) is 42.7. The molecule has 0 aliphatic carbocycles. The maximum Gasteiger partial charge on any atom is 0.324 e. The lowest BCUT2D eigenvalue weighted by Gasteiger charge is -2.43. The lowest BCUT2D eigenvalue weighted by molar-refractivity contribution is -0.136. The lowest BCUT2D eigenvalue weighted by atomic mass is 9.90. The summed E-state index contributed by atoms with van der Waals surface area (Å²) in [6.45, 7) is 13.4. The Morgan fingerprint density at radius 3 is 2.37 bits per heavy atom. The van der Waals surface area contributed by atoms with Crippen LogP contribution in [-0.4, -0.2) is 166 Å². The molecule has 4 amide bonds. The summed E-state index contributed by atoms with van der Waals surface area (Å²) in [5.74, 6) is 1.17. The minimum Gasteiger partial charge on any atom is -0.508 e. The highest BCUT2D eigenvalue weighted by atomic mass is 19.1. The van der Waals surface area contributed by atoms with Crippen molar-refractivity contribution in [1.82, 2.24) is 45.2 Å². The summed E-state index contributed by atoms with van der Waals surface area (Å²) in [7, 11) is 2.17. The number of amides is 4. The molecule has 18 heteroatoms. The van der Waals surface area contributed by atoms with Gasteiger partial charge in [-0.1, -0.05) is 30.2 Å². The van der Waals surface area contributed by atoms with Gasteiger partial charge < -0.3 is 29.9 Å². The summed E-state index contributed by atoms with van der Waals surface area (Å²) in [4.78, 5) is 78.3. The summed E-state index contributed by atoms with van der Waals surface area (Å²) in [5.41, 5.74) is 3.76. The summed E-state index contributed by atoms with van der Waals surface area (Å²) in [6.07, 6.45) is 17.2. The number of aromatic nitrogens is 3. The predicted octanol–water partition coefficient (Wildman–Crippen LogP) is 5.46. The lowest BCUT2D eigenvalue weighted by Crippen LogP contribution is -2.59. The molecule has 0 spiro atoms. The van der Waals surface area contributed by atoms with E-state index in [0.29, 0.717) is 69.3 Å². The number of hydrogen-bond acceptors (Lipinski definition) is 15. The van der Waals surface area contributed by atoms with E-state index in [1.54, 1.807) is 36.7 Å². The first kappa shape index (κ1) is 49.6. The SMILES string of the molecule is C#Cc1cccc2cc(O)cc(-c3ncc4c(N5CC6CC(=C)CC(C5)N6)nc(O/C=C/[C@H]5CC[C@@H](CN6CCN(CC7CCN(c8ccc9c(c8)C(=O)N(C8CCC(=O)NC8=O)C9=O)CC7)CC6)N5C)nc4c3F)c12. The van der Waals surface area contributed by atoms with Crippen molar-refractivity contribution in [1.29, 1.82) is 0 Å². The molecule has 5 atom stereocenters. The molecule has 17 nitrogen and oxygen atoms in total. The molecule has 7 aliphatic heterocycles. The topological polar surface area (TPSA) is 180 Å². The maximum absolute atomic E-state index is 17.2. The summed E-state index contributed by atoms with van der Waals surface area (Å²) < 4.78 is 23.4. The fourth-order valence-corrected chi connectivity index (χ4v) is 13.0. The molecule has 392 valence electrons. The number of likely N-dealkylation sites (N-methyl/N-ethyl adjacent to an activating group) is 1. The Balaban J connectivity index is 0.660. The number of pyridine rings is 1. The molecular formula is C58H62FN11O6. The van der Waals surface area contributed by atoms with Crippen molar-refractivity contribution in [2.75, 3.05) is 82.3 Å². The van der Waals surface area contributed by atoms with Gasteiger partial charge in [-0.05, 0) is 106 Å². The van der Waals surface area contributed by atoms with Gasteiger partial charge in [0.15, 0.2) is 5.82 Å². The number of phenolic OH excluding ortho intramolecular Hbond substituents is 1. The fourth-order valence-electron chi connectivity index (χ4n) is 13.0. The quantitative estimate of drug-likeness (QED) is 0.0657.